The van der Waals surface area contributed by atoms with Crippen molar-refractivity contribution in [3.05, 3.63) is 10.4 Å². The van der Waals surface area contributed by atoms with E-state index in [0.717, 1.165) is 26.2 Å². The van der Waals surface area contributed by atoms with Crippen molar-refractivity contribution >= 4 is 27.8 Å². The maximum Gasteiger partial charge on any atom is 0.171 e. The molecule has 0 saturated carbocycles. The molecule has 0 fully saturated rings. The van der Waals surface area contributed by atoms with Crippen molar-refractivity contribution in [1.29, 1.82) is 5.26 Å². The Hall–Kier alpha value is -1.58. The maximum absolute atomic E-state index is 11.4. The summed E-state index contributed by atoms with van der Waals surface area (Å²) in [6.07, 6.45) is 0. The number of Topliss-reactive ketones (excluding diaryl/α,β-unsaturated/α-hetero) is 1. The number of ketones is 1. The maximum atomic E-state index is 11.4. The number of nitrogens with two attached hydrogens (primary N) is 1. The minimum absolute atomic E-state index is 0.101. The summed E-state index contributed by atoms with van der Waals surface area (Å²) >= 11 is 1.26. The van der Waals surface area contributed by atoms with Crippen LogP contribution in [0.3, 0.4) is 0 Å². The molecule has 0 saturated heterocycles. The monoisotopic (exact) mass is 280 g/mol. The molecule has 0 bridgehead atoms. The van der Waals surface area contributed by atoms with Gasteiger partial charge in [-0.05, 0) is 13.1 Å². The van der Waals surface area contributed by atoms with Gasteiger partial charge in [0.05, 0.1) is 10.6 Å². The van der Waals surface area contributed by atoms with Gasteiger partial charge in [0, 0.05) is 20.0 Å². The fraction of sp³-hybridized carbons (Fsp3) is 0.538. The molecule has 1 heterocycles. The number of nitrogens with one attached hydrogen (secondary N) is 1. The van der Waals surface area contributed by atoms with Crippen LogP contribution in [0, 0.1) is 11.3 Å². The van der Waals surface area contributed by atoms with Gasteiger partial charge in [-0.3, -0.25) is 4.79 Å². The second kappa shape index (κ2) is 7.12. The number of nitriles is 1. The lowest BCUT2D eigenvalue weighted by Crippen LogP contribution is -2.28. The highest BCUT2D eigenvalue weighted by Crippen LogP contribution is 2.35. The SMILES string of the molecule is CCN(CC)CCNc1sc(C(C)=O)c(N)c1C#N. The molecule has 3 N–H and O–H groups in total. The lowest BCUT2D eigenvalue weighted by atomic mass is 10.2. The average molecular weight is 280 g/mol. The first-order chi connectivity index (χ1) is 9.04. The van der Waals surface area contributed by atoms with Gasteiger partial charge in [0.15, 0.2) is 5.78 Å². The minimum Gasteiger partial charge on any atom is -0.396 e. The summed E-state index contributed by atoms with van der Waals surface area (Å²) in [6.45, 7) is 9.30. The molecule has 0 aliphatic rings. The molecule has 0 aliphatic carbocycles. The molecule has 0 aliphatic heterocycles. The molecule has 0 aromatic carbocycles. The van der Waals surface area contributed by atoms with Crippen LogP contribution in [0.4, 0.5) is 10.7 Å². The number of anilines is 2. The highest BCUT2D eigenvalue weighted by molar-refractivity contribution is 7.18. The zero-order valence-corrected chi connectivity index (χ0v) is 12.4. The second-order valence-electron chi connectivity index (χ2n) is 4.17. The third kappa shape index (κ3) is 3.69. The Balaban J connectivity index is 2.76. The zero-order valence-electron chi connectivity index (χ0n) is 11.6. The molecule has 0 spiro atoms. The van der Waals surface area contributed by atoms with Crippen LogP contribution >= 0.6 is 11.3 Å². The van der Waals surface area contributed by atoms with E-state index in [-0.39, 0.29) is 5.78 Å². The van der Waals surface area contributed by atoms with E-state index in [0.29, 0.717) is 21.1 Å². The van der Waals surface area contributed by atoms with Crippen LogP contribution in [-0.4, -0.2) is 36.9 Å². The van der Waals surface area contributed by atoms with Crippen molar-refractivity contribution in [2.24, 2.45) is 0 Å². The zero-order chi connectivity index (χ0) is 14.4. The average Bonchev–Trinajstić information content (AvgIpc) is 2.71. The molecule has 0 amide bonds. The summed E-state index contributed by atoms with van der Waals surface area (Å²) in [5, 5.41) is 13.0. The highest BCUT2D eigenvalue weighted by atomic mass is 32.1. The predicted molar refractivity (Wildman–Crippen MR) is 79.7 cm³/mol. The molecule has 1 rings (SSSR count). The van der Waals surface area contributed by atoms with Crippen molar-refractivity contribution in [2.75, 3.05) is 37.2 Å². The summed E-state index contributed by atoms with van der Waals surface area (Å²) in [4.78, 5) is 14.1. The van der Waals surface area contributed by atoms with Gasteiger partial charge in [-0.2, -0.15) is 5.26 Å². The van der Waals surface area contributed by atoms with Crippen molar-refractivity contribution in [3.63, 3.8) is 0 Å². The number of hydrogen-bond donors (Lipinski definition) is 2. The molecule has 0 atom stereocenters. The van der Waals surface area contributed by atoms with Gasteiger partial charge in [-0.15, -0.1) is 11.3 Å². The normalized spacial score (nSPS) is 10.5. The first-order valence-electron chi connectivity index (χ1n) is 6.34. The Labute approximate surface area is 118 Å². The number of nitrogen functional groups attached to an aromatic ring is 1. The van der Waals surface area contributed by atoms with E-state index in [1.54, 1.807) is 0 Å². The molecule has 1 aromatic heterocycles. The van der Waals surface area contributed by atoms with E-state index in [4.69, 9.17) is 11.0 Å². The van der Waals surface area contributed by atoms with Crippen LogP contribution in [0.2, 0.25) is 0 Å². The van der Waals surface area contributed by atoms with Crippen molar-refractivity contribution in [2.45, 2.75) is 20.8 Å². The van der Waals surface area contributed by atoms with Crippen LogP contribution in [-0.2, 0) is 0 Å². The Morgan fingerprint density at radius 3 is 2.58 bits per heavy atom. The Morgan fingerprint density at radius 2 is 2.11 bits per heavy atom. The van der Waals surface area contributed by atoms with Gasteiger partial charge in [-0.1, -0.05) is 13.8 Å². The van der Waals surface area contributed by atoms with Crippen molar-refractivity contribution in [3.8, 4) is 6.07 Å². The molecule has 6 heteroatoms. The Bertz CT molecular complexity index is 486. The van der Waals surface area contributed by atoms with Gasteiger partial charge < -0.3 is 16.0 Å². The largest absolute Gasteiger partial charge is 0.396 e. The van der Waals surface area contributed by atoms with Crippen LogP contribution in [0.15, 0.2) is 0 Å². The number of hydrogen-bond acceptors (Lipinski definition) is 6. The summed E-state index contributed by atoms with van der Waals surface area (Å²) in [5.41, 5.74) is 6.50. The quantitative estimate of drug-likeness (QED) is 0.748. The van der Waals surface area contributed by atoms with E-state index < -0.39 is 0 Å². The second-order valence-corrected chi connectivity index (χ2v) is 5.19. The lowest BCUT2D eigenvalue weighted by Gasteiger charge is -2.18. The van der Waals surface area contributed by atoms with Gasteiger partial charge in [0.2, 0.25) is 0 Å². The first-order valence-corrected chi connectivity index (χ1v) is 7.16. The molecule has 0 radical (unpaired) electrons. The third-order valence-electron chi connectivity index (χ3n) is 2.98. The van der Waals surface area contributed by atoms with E-state index in [1.165, 1.54) is 18.3 Å². The Morgan fingerprint density at radius 1 is 1.47 bits per heavy atom. The van der Waals surface area contributed by atoms with Gasteiger partial charge in [0.25, 0.3) is 0 Å². The predicted octanol–water partition coefficient (Wildman–Crippen LogP) is 2.16. The summed E-state index contributed by atoms with van der Waals surface area (Å²) < 4.78 is 0. The molecular weight excluding hydrogens is 260 g/mol. The third-order valence-corrected chi connectivity index (χ3v) is 4.25. The van der Waals surface area contributed by atoms with Gasteiger partial charge in [-0.25, -0.2) is 0 Å². The highest BCUT2D eigenvalue weighted by Gasteiger charge is 2.18. The summed E-state index contributed by atoms with van der Waals surface area (Å²) in [5.74, 6) is -0.101. The molecule has 19 heavy (non-hydrogen) atoms. The molecule has 0 unspecified atom stereocenters. The molecule has 104 valence electrons. The number of carbonyl (C=O) groups is 1. The number of nitrogens with zero attached hydrogens (tertiary/aromatic N) is 2. The summed E-state index contributed by atoms with van der Waals surface area (Å²) in [7, 11) is 0. The summed E-state index contributed by atoms with van der Waals surface area (Å²) in [6, 6.07) is 2.06. The molecule has 5 nitrogen and oxygen atoms in total. The number of thiophene rings is 1. The fourth-order valence-electron chi connectivity index (χ4n) is 1.81. The fourth-order valence-corrected chi connectivity index (χ4v) is 2.80. The first kappa shape index (κ1) is 15.5. The van der Waals surface area contributed by atoms with Gasteiger partial charge in [0.1, 0.15) is 16.6 Å². The van der Waals surface area contributed by atoms with Crippen LogP contribution in [0.25, 0.3) is 0 Å². The van der Waals surface area contributed by atoms with Crippen LogP contribution in [0.5, 0.6) is 0 Å². The van der Waals surface area contributed by atoms with Crippen molar-refractivity contribution < 1.29 is 4.79 Å². The lowest BCUT2D eigenvalue weighted by molar-refractivity contribution is 0.102. The number of likely N-dealkylation sites (N-methyl/N-ethyl adjacent to an activating group) is 1. The number of carbonyl (C=O) groups excluding carboxylic acids is 1. The van der Waals surface area contributed by atoms with E-state index in [1.807, 2.05) is 0 Å². The molecular formula is C13H20N4OS. The van der Waals surface area contributed by atoms with Gasteiger partial charge >= 0.3 is 0 Å². The topological polar surface area (TPSA) is 82.2 Å². The molecule has 1 aromatic rings. The van der Waals surface area contributed by atoms with E-state index in [2.05, 4.69) is 30.1 Å². The van der Waals surface area contributed by atoms with E-state index >= 15 is 0 Å². The minimum atomic E-state index is -0.101. The van der Waals surface area contributed by atoms with E-state index in [9.17, 15) is 4.79 Å². The Kier molecular flexibility index (Phi) is 5.80. The van der Waals surface area contributed by atoms with Crippen LogP contribution in [0.1, 0.15) is 36.0 Å². The standard InChI is InChI=1S/C13H20N4OS/c1-4-17(5-2)7-6-16-13-10(8-14)11(15)12(19-13)9(3)18/h16H,4-7,15H2,1-3H3. The smallest absolute Gasteiger partial charge is 0.171 e. The van der Waals surface area contributed by atoms with Crippen LogP contribution < -0.4 is 11.1 Å². The van der Waals surface area contributed by atoms with Crippen molar-refractivity contribution in [1.82, 2.24) is 4.90 Å². The number of rotatable bonds is 7.